The predicted octanol–water partition coefficient (Wildman–Crippen LogP) is 4.43. The molecule has 0 amide bonds. The molecule has 5 heteroatoms. The van der Waals surface area contributed by atoms with E-state index in [0.717, 1.165) is 16.9 Å². The Morgan fingerprint density at radius 1 is 1.08 bits per heavy atom. The van der Waals surface area contributed by atoms with Crippen LogP contribution in [0.2, 0.25) is 0 Å². The smallest absolute Gasteiger partial charge is 0.363 e. The molecule has 0 saturated carbocycles. The maximum absolute atomic E-state index is 12.0. The Hall–Kier alpha value is -2.79. The van der Waals surface area contributed by atoms with Gasteiger partial charge in [0.25, 0.3) is 0 Å². The van der Waals surface area contributed by atoms with E-state index in [2.05, 4.69) is 4.99 Å². The van der Waals surface area contributed by atoms with Crippen molar-refractivity contribution in [3.8, 4) is 5.75 Å². The molecule has 0 radical (unpaired) electrons. The Bertz CT molecular complexity index is 867. The molecule has 25 heavy (non-hydrogen) atoms. The van der Waals surface area contributed by atoms with Crippen LogP contribution in [0.15, 0.2) is 70.2 Å². The zero-order chi connectivity index (χ0) is 17.6. The first-order valence-electron chi connectivity index (χ1n) is 7.67. The molecule has 0 N–H and O–H groups in total. The van der Waals surface area contributed by atoms with Crippen LogP contribution in [-0.2, 0) is 9.53 Å². The normalized spacial score (nSPS) is 15.5. The van der Waals surface area contributed by atoms with Crippen molar-refractivity contribution in [2.75, 3.05) is 13.4 Å². The van der Waals surface area contributed by atoms with Crippen LogP contribution < -0.4 is 4.74 Å². The summed E-state index contributed by atoms with van der Waals surface area (Å²) in [6.45, 7) is 0. The SMILES string of the molecule is COc1ccccc1/C=C/C1=NC(=C/c2ccc(SC)cc2)/C(=O)O1. The Morgan fingerprint density at radius 3 is 2.56 bits per heavy atom. The van der Waals surface area contributed by atoms with Gasteiger partial charge in [0.05, 0.1) is 7.11 Å². The number of aliphatic imine (C=N–C) groups is 1. The second-order valence-corrected chi connectivity index (χ2v) is 6.10. The standard InChI is InChI=1S/C20H17NO3S/c1-23-18-6-4-3-5-15(18)9-12-19-21-17(20(22)24-19)13-14-7-10-16(25-2)11-8-14/h3-13H,1-2H3/b12-9+,17-13+. The van der Waals surface area contributed by atoms with Crippen molar-refractivity contribution in [3.63, 3.8) is 0 Å². The molecule has 1 aliphatic heterocycles. The molecule has 0 aromatic heterocycles. The molecule has 0 saturated heterocycles. The summed E-state index contributed by atoms with van der Waals surface area (Å²) in [5.74, 6) is 0.560. The van der Waals surface area contributed by atoms with Gasteiger partial charge in [-0.15, -0.1) is 11.8 Å². The highest BCUT2D eigenvalue weighted by molar-refractivity contribution is 7.98. The molecule has 4 nitrogen and oxygen atoms in total. The van der Waals surface area contributed by atoms with Gasteiger partial charge in [-0.1, -0.05) is 30.3 Å². The second kappa shape index (κ2) is 7.85. The van der Waals surface area contributed by atoms with E-state index in [-0.39, 0.29) is 11.6 Å². The lowest BCUT2D eigenvalue weighted by molar-refractivity contribution is -0.129. The largest absolute Gasteiger partial charge is 0.496 e. The van der Waals surface area contributed by atoms with Crippen LogP contribution in [0.1, 0.15) is 11.1 Å². The van der Waals surface area contributed by atoms with Crippen molar-refractivity contribution in [1.82, 2.24) is 0 Å². The maximum atomic E-state index is 12.0. The number of carbonyl (C=O) groups is 1. The molecule has 2 aromatic rings. The number of hydrogen-bond donors (Lipinski definition) is 0. The van der Waals surface area contributed by atoms with Crippen molar-refractivity contribution < 1.29 is 14.3 Å². The summed E-state index contributed by atoms with van der Waals surface area (Å²) in [7, 11) is 1.61. The zero-order valence-electron chi connectivity index (χ0n) is 13.9. The molecule has 126 valence electrons. The van der Waals surface area contributed by atoms with E-state index < -0.39 is 5.97 Å². The van der Waals surface area contributed by atoms with E-state index in [0.29, 0.717) is 0 Å². The van der Waals surface area contributed by atoms with E-state index in [1.54, 1.807) is 37.1 Å². The van der Waals surface area contributed by atoms with Crippen molar-refractivity contribution in [2.45, 2.75) is 4.90 Å². The average Bonchev–Trinajstić information content (AvgIpc) is 3.00. The topological polar surface area (TPSA) is 47.9 Å². The molecule has 2 aromatic carbocycles. The highest BCUT2D eigenvalue weighted by Crippen LogP contribution is 2.21. The Balaban J connectivity index is 1.79. The van der Waals surface area contributed by atoms with E-state index in [4.69, 9.17) is 9.47 Å². The highest BCUT2D eigenvalue weighted by atomic mass is 32.2. The van der Waals surface area contributed by atoms with Crippen LogP contribution >= 0.6 is 11.8 Å². The fourth-order valence-electron chi connectivity index (χ4n) is 2.32. The summed E-state index contributed by atoms with van der Waals surface area (Å²) in [5, 5.41) is 0. The number of cyclic esters (lactones) is 1. The first-order chi connectivity index (χ1) is 12.2. The van der Waals surface area contributed by atoms with Crippen LogP contribution in [-0.4, -0.2) is 25.2 Å². The molecule has 0 fully saturated rings. The predicted molar refractivity (Wildman–Crippen MR) is 102 cm³/mol. The van der Waals surface area contributed by atoms with Gasteiger partial charge >= 0.3 is 5.97 Å². The first kappa shape index (κ1) is 17.0. The number of hydrogen-bond acceptors (Lipinski definition) is 5. The fourth-order valence-corrected chi connectivity index (χ4v) is 2.73. The summed E-state index contributed by atoms with van der Waals surface area (Å²) in [6.07, 6.45) is 7.21. The third-order valence-electron chi connectivity index (χ3n) is 3.60. The van der Waals surface area contributed by atoms with Crippen LogP contribution in [0, 0.1) is 0 Å². The van der Waals surface area contributed by atoms with Gasteiger partial charge in [0, 0.05) is 16.5 Å². The van der Waals surface area contributed by atoms with Gasteiger partial charge in [0.1, 0.15) is 5.75 Å². The lowest BCUT2D eigenvalue weighted by Crippen LogP contribution is -2.01. The summed E-state index contributed by atoms with van der Waals surface area (Å²) in [4.78, 5) is 17.4. The summed E-state index contributed by atoms with van der Waals surface area (Å²) >= 11 is 1.67. The fraction of sp³-hybridized carbons (Fsp3) is 0.100. The van der Waals surface area contributed by atoms with Crippen molar-refractivity contribution in [2.24, 2.45) is 4.99 Å². The number of esters is 1. The lowest BCUT2D eigenvalue weighted by atomic mass is 10.2. The highest BCUT2D eigenvalue weighted by Gasteiger charge is 2.21. The van der Waals surface area contributed by atoms with Gasteiger partial charge < -0.3 is 9.47 Å². The first-order valence-corrected chi connectivity index (χ1v) is 8.90. The summed E-state index contributed by atoms with van der Waals surface area (Å²) in [6, 6.07) is 15.5. The Morgan fingerprint density at radius 2 is 1.84 bits per heavy atom. The molecule has 3 rings (SSSR count). The number of methoxy groups -OCH3 is 1. The lowest BCUT2D eigenvalue weighted by Gasteiger charge is -2.02. The Kier molecular flexibility index (Phi) is 5.36. The molecule has 0 spiro atoms. The molecule has 1 aliphatic rings. The zero-order valence-corrected chi connectivity index (χ0v) is 14.7. The monoisotopic (exact) mass is 351 g/mol. The van der Waals surface area contributed by atoms with Crippen LogP contribution in [0.3, 0.4) is 0 Å². The number of thioether (sulfide) groups is 1. The number of para-hydroxylation sites is 1. The molecule has 1 heterocycles. The quantitative estimate of drug-likeness (QED) is 0.454. The van der Waals surface area contributed by atoms with Gasteiger partial charge in [-0.3, -0.25) is 0 Å². The van der Waals surface area contributed by atoms with E-state index >= 15 is 0 Å². The average molecular weight is 351 g/mol. The third kappa shape index (κ3) is 4.19. The summed E-state index contributed by atoms with van der Waals surface area (Å²) in [5.41, 5.74) is 2.08. The third-order valence-corrected chi connectivity index (χ3v) is 4.34. The number of nitrogens with zero attached hydrogens (tertiary/aromatic N) is 1. The van der Waals surface area contributed by atoms with Crippen LogP contribution in [0.25, 0.3) is 12.2 Å². The van der Waals surface area contributed by atoms with Gasteiger partial charge in [-0.25, -0.2) is 9.79 Å². The molecule has 0 unspecified atom stereocenters. The van der Waals surface area contributed by atoms with E-state index in [1.807, 2.05) is 54.8 Å². The van der Waals surface area contributed by atoms with Crippen molar-refractivity contribution in [1.29, 1.82) is 0 Å². The van der Waals surface area contributed by atoms with Crippen LogP contribution in [0.5, 0.6) is 5.75 Å². The number of benzene rings is 2. The summed E-state index contributed by atoms with van der Waals surface area (Å²) < 4.78 is 10.5. The van der Waals surface area contributed by atoms with Gasteiger partial charge in [0.2, 0.25) is 5.90 Å². The van der Waals surface area contributed by atoms with E-state index in [9.17, 15) is 4.79 Å². The number of carbonyl (C=O) groups excluding carboxylic acids is 1. The minimum Gasteiger partial charge on any atom is -0.496 e. The molecule has 0 atom stereocenters. The van der Waals surface area contributed by atoms with Crippen molar-refractivity contribution >= 4 is 35.8 Å². The Labute approximate surface area is 150 Å². The van der Waals surface area contributed by atoms with Gasteiger partial charge in [-0.05, 0) is 42.2 Å². The molecule has 0 aliphatic carbocycles. The minimum absolute atomic E-state index is 0.267. The molecule has 0 bridgehead atoms. The molecular weight excluding hydrogens is 334 g/mol. The van der Waals surface area contributed by atoms with E-state index in [1.165, 1.54) is 4.90 Å². The number of ether oxygens (including phenoxy) is 2. The van der Waals surface area contributed by atoms with Crippen LogP contribution in [0.4, 0.5) is 0 Å². The second-order valence-electron chi connectivity index (χ2n) is 5.22. The number of rotatable bonds is 5. The van der Waals surface area contributed by atoms with Gasteiger partial charge in [-0.2, -0.15) is 0 Å². The van der Waals surface area contributed by atoms with Gasteiger partial charge in [0.15, 0.2) is 5.70 Å². The minimum atomic E-state index is -0.450. The molecular formula is C20H17NO3S. The maximum Gasteiger partial charge on any atom is 0.363 e. The van der Waals surface area contributed by atoms with Crippen molar-refractivity contribution in [3.05, 3.63) is 71.4 Å².